The zero-order valence-corrected chi connectivity index (χ0v) is 9.25. The molecule has 0 aromatic carbocycles. The summed E-state index contributed by atoms with van der Waals surface area (Å²) in [5.74, 6) is -0.500. The summed E-state index contributed by atoms with van der Waals surface area (Å²) in [6.07, 6.45) is 0. The van der Waals surface area contributed by atoms with E-state index in [4.69, 9.17) is 16.6 Å². The van der Waals surface area contributed by atoms with Gasteiger partial charge in [0.25, 0.3) is 0 Å². The van der Waals surface area contributed by atoms with E-state index >= 15 is 0 Å². The van der Waals surface area contributed by atoms with Crippen LogP contribution >= 0.6 is 11.8 Å². The number of rotatable bonds is 7. The van der Waals surface area contributed by atoms with Crippen molar-refractivity contribution < 1.29 is 19.5 Å². The van der Waals surface area contributed by atoms with E-state index < -0.39 is 24.1 Å². The Bertz CT molecular complexity index is 273. The molecule has 8 nitrogen and oxygen atoms in total. The second kappa shape index (κ2) is 7.63. The second-order valence-electron chi connectivity index (χ2n) is 2.77. The first-order chi connectivity index (χ1) is 7.43. The van der Waals surface area contributed by atoms with E-state index in [0.717, 1.165) is 0 Å². The predicted molar refractivity (Wildman–Crippen MR) is 59.1 cm³/mol. The lowest BCUT2D eigenvalue weighted by atomic mass is 10.3. The Hall–Kier alpha value is -1.64. The molecule has 0 rings (SSSR count). The Labute approximate surface area is 96.1 Å². The summed E-state index contributed by atoms with van der Waals surface area (Å²) < 4.78 is 0. The van der Waals surface area contributed by atoms with Gasteiger partial charge in [-0.3, -0.25) is 0 Å². The largest absolute Gasteiger partial charge is 0.480 e. The molecule has 0 aromatic rings. The van der Waals surface area contributed by atoms with Crippen molar-refractivity contribution in [3.8, 4) is 0 Å². The van der Waals surface area contributed by atoms with Crippen LogP contribution in [-0.2, 0) is 4.79 Å². The predicted octanol–water partition coefficient (Wildman–Crippen LogP) is -1.49. The highest BCUT2D eigenvalue weighted by molar-refractivity contribution is 7.99. The Morgan fingerprint density at radius 2 is 1.88 bits per heavy atom. The second-order valence-corrected chi connectivity index (χ2v) is 3.92. The van der Waals surface area contributed by atoms with E-state index in [1.165, 1.54) is 11.8 Å². The smallest absolute Gasteiger partial charge is 0.327 e. The fourth-order valence-corrected chi connectivity index (χ4v) is 1.67. The average molecular weight is 250 g/mol. The van der Waals surface area contributed by atoms with Crippen LogP contribution < -0.4 is 22.1 Å². The van der Waals surface area contributed by atoms with Crippen LogP contribution in [0.15, 0.2) is 0 Å². The first-order valence-electron chi connectivity index (χ1n) is 4.33. The molecule has 0 heterocycles. The van der Waals surface area contributed by atoms with Crippen LogP contribution in [0.25, 0.3) is 0 Å². The lowest BCUT2D eigenvalue weighted by Gasteiger charge is -2.12. The van der Waals surface area contributed by atoms with Gasteiger partial charge >= 0.3 is 18.0 Å². The van der Waals surface area contributed by atoms with Gasteiger partial charge in [0, 0.05) is 18.1 Å². The monoisotopic (exact) mass is 250 g/mol. The molecule has 4 amide bonds. The van der Waals surface area contributed by atoms with Gasteiger partial charge in [0.05, 0.1) is 0 Å². The number of nitrogens with one attached hydrogen (secondary N) is 2. The fourth-order valence-electron chi connectivity index (χ4n) is 0.794. The Kier molecular flexibility index (Phi) is 6.84. The minimum atomic E-state index is -1.16. The van der Waals surface area contributed by atoms with Gasteiger partial charge in [-0.25, -0.2) is 14.4 Å². The summed E-state index contributed by atoms with van der Waals surface area (Å²) in [5.41, 5.74) is 9.63. The van der Waals surface area contributed by atoms with Crippen molar-refractivity contribution >= 4 is 29.8 Å². The lowest BCUT2D eigenvalue weighted by molar-refractivity contribution is -0.138. The van der Waals surface area contributed by atoms with Crippen LogP contribution in [0.3, 0.4) is 0 Å². The third-order valence-electron chi connectivity index (χ3n) is 1.44. The highest BCUT2D eigenvalue weighted by atomic mass is 32.2. The molecular weight excluding hydrogens is 236 g/mol. The Morgan fingerprint density at radius 1 is 1.25 bits per heavy atom. The van der Waals surface area contributed by atoms with Crippen molar-refractivity contribution in [3.05, 3.63) is 0 Å². The van der Waals surface area contributed by atoms with E-state index in [-0.39, 0.29) is 5.75 Å². The molecule has 0 bridgehead atoms. The summed E-state index contributed by atoms with van der Waals surface area (Å²) in [7, 11) is 0. The van der Waals surface area contributed by atoms with E-state index in [1.807, 2.05) is 0 Å². The summed E-state index contributed by atoms with van der Waals surface area (Å²) in [5, 5.41) is 13.1. The van der Waals surface area contributed by atoms with Crippen molar-refractivity contribution in [1.29, 1.82) is 0 Å². The molecule has 0 saturated carbocycles. The van der Waals surface area contributed by atoms with Gasteiger partial charge in [-0.15, -0.1) is 0 Å². The number of carboxylic acids is 1. The number of thioether (sulfide) groups is 1. The van der Waals surface area contributed by atoms with Crippen molar-refractivity contribution in [2.75, 3.05) is 18.1 Å². The van der Waals surface area contributed by atoms with Crippen LogP contribution in [0, 0.1) is 0 Å². The quantitative estimate of drug-likeness (QED) is 0.349. The van der Waals surface area contributed by atoms with Crippen LogP contribution in [0.5, 0.6) is 0 Å². The SMILES string of the molecule is NC(=O)NCCSCC(NC(N)=O)C(=O)O. The molecule has 92 valence electrons. The Balaban J connectivity index is 3.72. The van der Waals surface area contributed by atoms with Gasteiger partial charge in [0.2, 0.25) is 0 Å². The number of urea groups is 2. The first-order valence-corrected chi connectivity index (χ1v) is 5.48. The highest BCUT2D eigenvalue weighted by Gasteiger charge is 2.18. The standard InChI is InChI=1S/C7H14N4O4S/c8-6(14)10-1-2-16-3-4(5(12)13)11-7(9)15/h4H,1-3H2,(H,12,13)(H3,8,10,14)(H3,9,11,15). The van der Waals surface area contributed by atoms with Crippen molar-refractivity contribution in [3.63, 3.8) is 0 Å². The summed E-state index contributed by atoms with van der Waals surface area (Å²) in [6, 6.07) is -2.55. The maximum absolute atomic E-state index is 10.6. The molecule has 0 fully saturated rings. The summed E-state index contributed by atoms with van der Waals surface area (Å²) >= 11 is 1.25. The molecule has 16 heavy (non-hydrogen) atoms. The molecule has 0 aromatic heterocycles. The molecule has 0 spiro atoms. The summed E-state index contributed by atoms with van der Waals surface area (Å²) in [4.78, 5) is 31.4. The number of carbonyl (C=O) groups excluding carboxylic acids is 2. The van der Waals surface area contributed by atoms with E-state index in [9.17, 15) is 14.4 Å². The van der Waals surface area contributed by atoms with Crippen LogP contribution in [0.1, 0.15) is 0 Å². The average Bonchev–Trinajstić information content (AvgIpc) is 2.14. The van der Waals surface area contributed by atoms with Gasteiger partial charge in [0.15, 0.2) is 0 Å². The van der Waals surface area contributed by atoms with Gasteiger partial charge in [-0.2, -0.15) is 11.8 Å². The molecule has 0 aliphatic heterocycles. The minimum Gasteiger partial charge on any atom is -0.480 e. The normalized spacial score (nSPS) is 11.5. The van der Waals surface area contributed by atoms with Gasteiger partial charge in [-0.05, 0) is 0 Å². The molecule has 9 heteroatoms. The molecule has 0 aliphatic rings. The molecular formula is C7H14N4O4S. The molecule has 0 saturated heterocycles. The number of carbonyl (C=O) groups is 3. The van der Waals surface area contributed by atoms with E-state index in [0.29, 0.717) is 12.3 Å². The maximum atomic E-state index is 10.6. The number of carboxylic acid groups (broad SMARTS) is 1. The first kappa shape index (κ1) is 14.4. The maximum Gasteiger partial charge on any atom is 0.327 e. The third kappa shape index (κ3) is 7.74. The van der Waals surface area contributed by atoms with Crippen molar-refractivity contribution in [2.24, 2.45) is 11.5 Å². The van der Waals surface area contributed by atoms with Gasteiger partial charge in [0.1, 0.15) is 6.04 Å². The van der Waals surface area contributed by atoms with E-state index in [1.54, 1.807) is 0 Å². The number of nitrogens with two attached hydrogens (primary N) is 2. The molecule has 0 aliphatic carbocycles. The Morgan fingerprint density at radius 3 is 2.31 bits per heavy atom. The highest BCUT2D eigenvalue weighted by Crippen LogP contribution is 2.02. The topological polar surface area (TPSA) is 148 Å². The molecule has 1 atom stereocenters. The van der Waals surface area contributed by atoms with Gasteiger partial charge in [-0.1, -0.05) is 0 Å². The van der Waals surface area contributed by atoms with Crippen LogP contribution in [0.2, 0.25) is 0 Å². The molecule has 7 N–H and O–H groups in total. The number of primary amides is 2. The zero-order valence-electron chi connectivity index (χ0n) is 8.43. The molecule has 0 radical (unpaired) electrons. The van der Waals surface area contributed by atoms with Crippen LogP contribution in [-0.4, -0.2) is 47.2 Å². The third-order valence-corrected chi connectivity index (χ3v) is 2.51. The van der Waals surface area contributed by atoms with Crippen molar-refractivity contribution in [2.45, 2.75) is 6.04 Å². The molecule has 1 unspecified atom stereocenters. The number of amides is 4. The fraction of sp³-hybridized carbons (Fsp3) is 0.571. The van der Waals surface area contributed by atoms with Gasteiger partial charge < -0.3 is 27.2 Å². The van der Waals surface area contributed by atoms with E-state index in [2.05, 4.69) is 10.6 Å². The van der Waals surface area contributed by atoms with Crippen LogP contribution in [0.4, 0.5) is 9.59 Å². The number of aliphatic carboxylic acids is 1. The minimum absolute atomic E-state index is 0.165. The number of hydrogen-bond donors (Lipinski definition) is 5. The summed E-state index contributed by atoms with van der Waals surface area (Å²) in [6.45, 7) is 0.336. The van der Waals surface area contributed by atoms with Crippen molar-refractivity contribution in [1.82, 2.24) is 10.6 Å². The zero-order chi connectivity index (χ0) is 12.6. The number of hydrogen-bond acceptors (Lipinski definition) is 4. The lowest BCUT2D eigenvalue weighted by Crippen LogP contribution is -2.45.